The van der Waals surface area contributed by atoms with E-state index in [2.05, 4.69) is 9.71 Å². The third kappa shape index (κ3) is 3.67. The second kappa shape index (κ2) is 6.26. The van der Waals surface area contributed by atoms with Crippen molar-refractivity contribution in [2.75, 3.05) is 5.75 Å². The van der Waals surface area contributed by atoms with Gasteiger partial charge in [0, 0.05) is 6.20 Å². The van der Waals surface area contributed by atoms with Crippen molar-refractivity contribution in [1.29, 1.82) is 0 Å². The summed E-state index contributed by atoms with van der Waals surface area (Å²) in [7, 11) is -3.35. The van der Waals surface area contributed by atoms with Crippen molar-refractivity contribution in [3.63, 3.8) is 0 Å². The average molecular weight is 324 g/mol. The molecule has 1 aromatic rings. The van der Waals surface area contributed by atoms with Gasteiger partial charge in [0.25, 0.3) is 0 Å². The zero-order valence-electron chi connectivity index (χ0n) is 13.0. The first-order valence-electron chi connectivity index (χ1n) is 8.04. The van der Waals surface area contributed by atoms with E-state index in [1.54, 1.807) is 6.20 Å². The van der Waals surface area contributed by atoms with E-state index in [9.17, 15) is 8.42 Å². The first-order chi connectivity index (χ1) is 10.5. The number of ether oxygens (including phenoxy) is 1. The first-order valence-corrected chi connectivity index (χ1v) is 9.69. The molecule has 1 saturated heterocycles. The molecule has 1 N–H and O–H groups in total. The molecule has 1 aliphatic carbocycles. The normalized spacial score (nSPS) is 24.1. The highest BCUT2D eigenvalue weighted by molar-refractivity contribution is 7.89. The molecule has 0 radical (unpaired) electrons. The fourth-order valence-corrected chi connectivity index (χ4v) is 4.56. The third-order valence-electron chi connectivity index (χ3n) is 4.82. The van der Waals surface area contributed by atoms with Gasteiger partial charge >= 0.3 is 0 Å². The van der Waals surface area contributed by atoms with Crippen LogP contribution in [-0.4, -0.2) is 30.9 Å². The maximum absolute atomic E-state index is 12.3. The van der Waals surface area contributed by atoms with Crippen LogP contribution >= 0.6 is 0 Å². The smallest absolute Gasteiger partial charge is 0.214 e. The van der Waals surface area contributed by atoms with Crippen LogP contribution in [0.3, 0.4) is 0 Å². The predicted molar refractivity (Wildman–Crippen MR) is 84.9 cm³/mol. The molecule has 1 unspecified atom stereocenters. The third-order valence-corrected chi connectivity index (χ3v) is 6.22. The molecular weight excluding hydrogens is 300 g/mol. The summed E-state index contributed by atoms with van der Waals surface area (Å²) in [5, 5.41) is 0. The fraction of sp³-hybridized carbons (Fsp3) is 0.688. The number of aromatic nitrogens is 1. The second-order valence-electron chi connectivity index (χ2n) is 6.54. The first kappa shape index (κ1) is 15.9. The fourth-order valence-electron chi connectivity index (χ4n) is 3.37. The summed E-state index contributed by atoms with van der Waals surface area (Å²) in [6.07, 6.45) is 7.89. The summed E-state index contributed by atoms with van der Waals surface area (Å²) < 4.78 is 33.3. The molecule has 1 aliphatic heterocycles. The molecule has 1 saturated carbocycles. The highest BCUT2D eigenvalue weighted by Crippen LogP contribution is 2.44. The van der Waals surface area contributed by atoms with Crippen LogP contribution in [0.15, 0.2) is 18.3 Å². The molecule has 3 rings (SSSR count). The number of aryl methyl sites for hydroxylation is 1. The van der Waals surface area contributed by atoms with Gasteiger partial charge in [-0.25, -0.2) is 13.1 Å². The van der Waals surface area contributed by atoms with Crippen LogP contribution in [0.25, 0.3) is 0 Å². The molecular formula is C16H24N2O3S. The van der Waals surface area contributed by atoms with Gasteiger partial charge in [0.1, 0.15) is 0 Å². The summed E-state index contributed by atoms with van der Waals surface area (Å²) in [5.41, 5.74) is 1.76. The lowest BCUT2D eigenvalue weighted by Crippen LogP contribution is -2.48. The van der Waals surface area contributed by atoms with E-state index in [4.69, 9.17) is 4.74 Å². The number of rotatable bonds is 5. The Kier molecular flexibility index (Phi) is 4.52. The van der Waals surface area contributed by atoms with E-state index >= 15 is 0 Å². The van der Waals surface area contributed by atoms with Crippen LogP contribution < -0.4 is 4.72 Å². The molecule has 6 heteroatoms. The number of nitrogens with zero attached hydrogens (tertiary/aromatic N) is 1. The zero-order chi connectivity index (χ0) is 15.6. The monoisotopic (exact) mass is 324 g/mol. The SMILES string of the molecule is Cc1cccnc1CNS(=O)(=O)CC1CCCC2(CCC2)O1. The molecule has 0 aromatic carbocycles. The Morgan fingerprint density at radius 2 is 2.14 bits per heavy atom. The van der Waals surface area contributed by atoms with E-state index in [0.717, 1.165) is 43.4 Å². The molecule has 0 bridgehead atoms. The van der Waals surface area contributed by atoms with Crippen LogP contribution in [0.4, 0.5) is 0 Å². The van der Waals surface area contributed by atoms with Gasteiger partial charge in [-0.05, 0) is 57.1 Å². The molecule has 2 heterocycles. The molecule has 0 amide bonds. The minimum absolute atomic E-state index is 0.00396. The van der Waals surface area contributed by atoms with Gasteiger partial charge in [-0.3, -0.25) is 4.98 Å². The summed E-state index contributed by atoms with van der Waals surface area (Å²) in [5.74, 6) is 0.0562. The minimum atomic E-state index is -3.35. The van der Waals surface area contributed by atoms with Crippen LogP contribution in [-0.2, 0) is 21.3 Å². The van der Waals surface area contributed by atoms with Crippen molar-refractivity contribution in [2.24, 2.45) is 0 Å². The average Bonchev–Trinajstić information content (AvgIpc) is 2.45. The minimum Gasteiger partial charge on any atom is -0.371 e. The highest BCUT2D eigenvalue weighted by atomic mass is 32.2. The highest BCUT2D eigenvalue weighted by Gasteiger charge is 2.43. The molecule has 122 valence electrons. The number of pyridine rings is 1. The van der Waals surface area contributed by atoms with Gasteiger partial charge in [-0.15, -0.1) is 0 Å². The molecule has 2 fully saturated rings. The van der Waals surface area contributed by atoms with E-state index in [-0.39, 0.29) is 24.0 Å². The van der Waals surface area contributed by atoms with Crippen LogP contribution in [0, 0.1) is 6.92 Å². The molecule has 22 heavy (non-hydrogen) atoms. The van der Waals surface area contributed by atoms with Crippen LogP contribution in [0.2, 0.25) is 0 Å². The van der Waals surface area contributed by atoms with Crippen molar-refractivity contribution in [1.82, 2.24) is 9.71 Å². The number of hydrogen-bond acceptors (Lipinski definition) is 4. The second-order valence-corrected chi connectivity index (χ2v) is 8.39. The Labute approximate surface area is 132 Å². The largest absolute Gasteiger partial charge is 0.371 e. The van der Waals surface area contributed by atoms with Crippen molar-refractivity contribution in [3.05, 3.63) is 29.6 Å². The summed E-state index contributed by atoms with van der Waals surface area (Å²) >= 11 is 0. The Morgan fingerprint density at radius 1 is 1.36 bits per heavy atom. The van der Waals surface area contributed by atoms with Crippen molar-refractivity contribution in [3.8, 4) is 0 Å². The van der Waals surface area contributed by atoms with Gasteiger partial charge in [0.2, 0.25) is 10.0 Å². The van der Waals surface area contributed by atoms with Gasteiger partial charge in [-0.1, -0.05) is 6.07 Å². The van der Waals surface area contributed by atoms with Crippen LogP contribution in [0.1, 0.15) is 49.8 Å². The summed E-state index contributed by atoms with van der Waals surface area (Å²) in [6, 6.07) is 3.78. The van der Waals surface area contributed by atoms with Crippen molar-refractivity contribution < 1.29 is 13.2 Å². The van der Waals surface area contributed by atoms with Gasteiger partial charge in [0.05, 0.1) is 29.7 Å². The Balaban J connectivity index is 1.56. The zero-order valence-corrected chi connectivity index (χ0v) is 13.9. The lowest BCUT2D eigenvalue weighted by atomic mass is 9.74. The lowest BCUT2D eigenvalue weighted by molar-refractivity contribution is -0.161. The van der Waals surface area contributed by atoms with Crippen molar-refractivity contribution >= 4 is 10.0 Å². The lowest BCUT2D eigenvalue weighted by Gasteiger charge is -2.47. The Hall–Kier alpha value is -0.980. The van der Waals surface area contributed by atoms with Gasteiger partial charge < -0.3 is 4.74 Å². The number of hydrogen-bond donors (Lipinski definition) is 1. The van der Waals surface area contributed by atoms with E-state index in [0.29, 0.717) is 0 Å². The predicted octanol–water partition coefficient (Wildman–Crippen LogP) is 2.30. The Bertz CT molecular complexity index is 626. The van der Waals surface area contributed by atoms with Crippen LogP contribution in [0.5, 0.6) is 0 Å². The maximum atomic E-state index is 12.3. The summed E-state index contributed by atoms with van der Waals surface area (Å²) in [4.78, 5) is 4.22. The van der Waals surface area contributed by atoms with Gasteiger partial charge in [0.15, 0.2) is 0 Å². The molecule has 5 nitrogen and oxygen atoms in total. The number of nitrogens with one attached hydrogen (secondary N) is 1. The summed E-state index contributed by atoms with van der Waals surface area (Å²) in [6.45, 7) is 2.17. The Morgan fingerprint density at radius 3 is 2.82 bits per heavy atom. The van der Waals surface area contributed by atoms with E-state index < -0.39 is 10.0 Å². The topological polar surface area (TPSA) is 68.3 Å². The maximum Gasteiger partial charge on any atom is 0.214 e. The molecule has 1 atom stereocenters. The van der Waals surface area contributed by atoms with Gasteiger partial charge in [-0.2, -0.15) is 0 Å². The quantitative estimate of drug-likeness (QED) is 0.902. The van der Waals surface area contributed by atoms with E-state index in [1.165, 1.54) is 6.42 Å². The van der Waals surface area contributed by atoms with Crippen molar-refractivity contribution in [2.45, 2.75) is 63.7 Å². The molecule has 2 aliphatic rings. The number of sulfonamides is 1. The molecule has 1 aromatic heterocycles. The standard InChI is InChI=1S/C16H24N2O3S/c1-13-5-3-10-17-15(13)11-18-22(19,20)12-14-6-2-7-16(21-14)8-4-9-16/h3,5,10,14,18H,2,4,6-9,11-12H2,1H3. The van der Waals surface area contributed by atoms with E-state index in [1.807, 2.05) is 19.1 Å². The molecule has 1 spiro atoms.